The van der Waals surface area contributed by atoms with Gasteiger partial charge < -0.3 is 20.5 Å². The Morgan fingerprint density at radius 2 is 1.66 bits per heavy atom. The maximum absolute atomic E-state index is 13.2. The van der Waals surface area contributed by atoms with Gasteiger partial charge in [0.25, 0.3) is 5.91 Å². The molecular formula is C34H33ClN2O4. The van der Waals surface area contributed by atoms with Crippen molar-refractivity contribution in [3.8, 4) is 22.6 Å². The van der Waals surface area contributed by atoms with Crippen LogP contribution in [0.4, 0.5) is 5.69 Å². The molecule has 0 fully saturated rings. The summed E-state index contributed by atoms with van der Waals surface area (Å²) < 4.78 is 6.09. The van der Waals surface area contributed by atoms with Crippen LogP contribution in [0.25, 0.3) is 11.1 Å². The van der Waals surface area contributed by atoms with Crippen LogP contribution in [0.5, 0.6) is 11.5 Å². The minimum absolute atomic E-state index is 0.116. The van der Waals surface area contributed by atoms with E-state index in [9.17, 15) is 14.7 Å². The molecule has 7 heteroatoms. The van der Waals surface area contributed by atoms with E-state index in [1.165, 1.54) is 0 Å². The van der Waals surface area contributed by atoms with E-state index in [1.54, 1.807) is 18.2 Å². The first kappa shape index (κ1) is 29.4. The molecule has 0 radical (unpaired) electrons. The van der Waals surface area contributed by atoms with Crippen molar-refractivity contribution in [2.24, 2.45) is 0 Å². The van der Waals surface area contributed by atoms with Gasteiger partial charge in [0.1, 0.15) is 17.5 Å². The number of carboxylic acid groups (broad SMARTS) is 1. The number of amides is 1. The molecule has 1 atom stereocenters. The van der Waals surface area contributed by atoms with Crippen LogP contribution >= 0.6 is 11.6 Å². The third-order valence-corrected chi connectivity index (χ3v) is 6.74. The van der Waals surface area contributed by atoms with Gasteiger partial charge in [0.15, 0.2) is 0 Å². The Morgan fingerprint density at radius 3 is 2.37 bits per heavy atom. The summed E-state index contributed by atoms with van der Waals surface area (Å²) in [5.41, 5.74) is 4.62. The van der Waals surface area contributed by atoms with Crippen molar-refractivity contribution in [3.05, 3.63) is 125 Å². The van der Waals surface area contributed by atoms with Gasteiger partial charge >= 0.3 is 5.97 Å². The molecule has 1 unspecified atom stereocenters. The number of halogens is 1. The highest BCUT2D eigenvalue weighted by Crippen LogP contribution is 2.33. The molecule has 0 saturated heterocycles. The number of para-hydroxylation sites is 2. The van der Waals surface area contributed by atoms with Crippen molar-refractivity contribution in [1.29, 1.82) is 0 Å². The lowest BCUT2D eigenvalue weighted by Gasteiger charge is -2.18. The molecule has 3 N–H and O–H groups in total. The van der Waals surface area contributed by atoms with Gasteiger partial charge in [-0.3, -0.25) is 4.79 Å². The highest BCUT2D eigenvalue weighted by atomic mass is 35.5. The van der Waals surface area contributed by atoms with Crippen molar-refractivity contribution >= 4 is 29.2 Å². The van der Waals surface area contributed by atoms with Crippen LogP contribution < -0.4 is 15.4 Å². The molecule has 4 rings (SSSR count). The molecule has 0 spiro atoms. The number of carbonyl (C=O) groups excluding carboxylic acids is 1. The Balaban J connectivity index is 1.48. The number of carboxylic acids is 1. The number of anilines is 1. The van der Waals surface area contributed by atoms with Gasteiger partial charge in [0.2, 0.25) is 0 Å². The van der Waals surface area contributed by atoms with Crippen molar-refractivity contribution in [2.75, 3.05) is 11.9 Å². The third kappa shape index (κ3) is 8.22. The molecule has 1 amide bonds. The Hall–Kier alpha value is -4.55. The second-order valence-corrected chi connectivity index (χ2v) is 10.1. The second kappa shape index (κ2) is 14.2. The highest BCUT2D eigenvalue weighted by molar-refractivity contribution is 6.31. The van der Waals surface area contributed by atoms with E-state index in [4.69, 9.17) is 16.3 Å². The fraction of sp³-hybridized carbons (Fsp3) is 0.176. The number of rotatable bonds is 12. The van der Waals surface area contributed by atoms with Crippen molar-refractivity contribution < 1.29 is 19.4 Å². The van der Waals surface area contributed by atoms with E-state index < -0.39 is 17.9 Å². The Kier molecular flexibility index (Phi) is 10.2. The standard InChI is InChI=1S/C34H33ClN2O4/c1-3-9-23(2)22-36-30-19-18-26(35)21-29(30)33(38)37-31(34(39)40)20-24-14-16-25(17-15-24)28-12-7-8-13-32(28)41-27-10-5-4-6-11-27/h4-19,21,31,36H,3,20,22H2,1-2H3,(H,37,38)(H,39,40)/b23-9+. The molecule has 6 nitrogen and oxygen atoms in total. The largest absolute Gasteiger partial charge is 0.480 e. The summed E-state index contributed by atoms with van der Waals surface area (Å²) in [7, 11) is 0. The van der Waals surface area contributed by atoms with Crippen LogP contribution in [-0.2, 0) is 11.2 Å². The molecule has 0 saturated carbocycles. The molecule has 210 valence electrons. The number of carbonyl (C=O) groups is 2. The lowest BCUT2D eigenvalue weighted by atomic mass is 9.99. The average molecular weight is 569 g/mol. The molecule has 0 aliphatic carbocycles. The maximum atomic E-state index is 13.2. The molecule has 0 aliphatic heterocycles. The van der Waals surface area contributed by atoms with E-state index >= 15 is 0 Å². The van der Waals surface area contributed by atoms with Gasteiger partial charge in [-0.05, 0) is 60.9 Å². The molecule has 0 heterocycles. The fourth-order valence-electron chi connectivity index (χ4n) is 4.42. The SMILES string of the molecule is CC/C=C(\C)CNc1ccc(Cl)cc1C(=O)NC(Cc1ccc(-c2ccccc2Oc2ccccc2)cc1)C(=O)O. The minimum atomic E-state index is -1.13. The van der Waals surface area contributed by atoms with E-state index in [0.29, 0.717) is 28.6 Å². The number of hydrogen-bond acceptors (Lipinski definition) is 4. The van der Waals surface area contributed by atoms with E-state index in [-0.39, 0.29) is 6.42 Å². The molecule has 0 aromatic heterocycles. The van der Waals surface area contributed by atoms with Gasteiger partial charge in [0.05, 0.1) is 5.56 Å². The predicted octanol–water partition coefficient (Wildman–Crippen LogP) is 7.99. The predicted molar refractivity (Wildman–Crippen MR) is 165 cm³/mol. The maximum Gasteiger partial charge on any atom is 0.326 e. The average Bonchev–Trinajstić information content (AvgIpc) is 2.97. The zero-order chi connectivity index (χ0) is 29.2. The lowest BCUT2D eigenvalue weighted by Crippen LogP contribution is -2.42. The molecule has 0 bridgehead atoms. The number of benzene rings is 4. The molecule has 4 aromatic rings. The summed E-state index contributed by atoms with van der Waals surface area (Å²) in [6.45, 7) is 4.63. The zero-order valence-electron chi connectivity index (χ0n) is 23.1. The summed E-state index contributed by atoms with van der Waals surface area (Å²) in [5.74, 6) is -0.180. The van der Waals surface area contributed by atoms with Gasteiger partial charge in [0, 0.05) is 29.2 Å². The van der Waals surface area contributed by atoms with Gasteiger partial charge in [-0.1, -0.05) is 90.8 Å². The molecule has 41 heavy (non-hydrogen) atoms. The van der Waals surface area contributed by atoms with Crippen molar-refractivity contribution in [3.63, 3.8) is 0 Å². The molecule has 0 aliphatic rings. The van der Waals surface area contributed by atoms with Crippen LogP contribution in [0.2, 0.25) is 5.02 Å². The minimum Gasteiger partial charge on any atom is -0.480 e. The van der Waals surface area contributed by atoms with E-state index in [2.05, 4.69) is 23.6 Å². The van der Waals surface area contributed by atoms with E-state index in [1.807, 2.05) is 85.8 Å². The van der Waals surface area contributed by atoms with Crippen molar-refractivity contribution in [1.82, 2.24) is 5.32 Å². The summed E-state index contributed by atoms with van der Waals surface area (Å²) in [4.78, 5) is 25.4. The highest BCUT2D eigenvalue weighted by Gasteiger charge is 2.23. The van der Waals surface area contributed by atoms with E-state index in [0.717, 1.165) is 34.4 Å². The Morgan fingerprint density at radius 1 is 0.951 bits per heavy atom. The molecular weight excluding hydrogens is 536 g/mol. The normalized spacial score (nSPS) is 11.9. The zero-order valence-corrected chi connectivity index (χ0v) is 23.8. The third-order valence-electron chi connectivity index (χ3n) is 6.50. The first-order chi connectivity index (χ1) is 19.8. The smallest absolute Gasteiger partial charge is 0.326 e. The number of hydrogen-bond donors (Lipinski definition) is 3. The van der Waals surface area contributed by atoms with Crippen LogP contribution in [0.1, 0.15) is 36.2 Å². The number of aliphatic carboxylic acids is 1. The second-order valence-electron chi connectivity index (χ2n) is 9.68. The fourth-order valence-corrected chi connectivity index (χ4v) is 4.59. The topological polar surface area (TPSA) is 87.7 Å². The summed E-state index contributed by atoms with van der Waals surface area (Å²) in [6, 6.07) is 28.7. The van der Waals surface area contributed by atoms with Gasteiger partial charge in [-0.15, -0.1) is 0 Å². The lowest BCUT2D eigenvalue weighted by molar-refractivity contribution is -0.139. The number of ether oxygens (including phenoxy) is 1. The number of nitrogens with one attached hydrogen (secondary N) is 2. The number of allylic oxidation sites excluding steroid dienone is 1. The van der Waals surface area contributed by atoms with Gasteiger partial charge in [-0.25, -0.2) is 4.79 Å². The summed E-state index contributed by atoms with van der Waals surface area (Å²) in [5, 5.41) is 16.2. The van der Waals surface area contributed by atoms with Gasteiger partial charge in [-0.2, -0.15) is 0 Å². The monoisotopic (exact) mass is 568 g/mol. The quantitative estimate of drug-likeness (QED) is 0.151. The van der Waals surface area contributed by atoms with Crippen LogP contribution in [0, 0.1) is 0 Å². The Labute approximate surface area is 245 Å². The van der Waals surface area contributed by atoms with Crippen LogP contribution in [0.15, 0.2) is 109 Å². The Bertz CT molecular complexity index is 1520. The first-order valence-corrected chi connectivity index (χ1v) is 13.9. The van der Waals surface area contributed by atoms with Crippen LogP contribution in [-0.4, -0.2) is 29.6 Å². The first-order valence-electron chi connectivity index (χ1n) is 13.5. The van der Waals surface area contributed by atoms with Crippen LogP contribution in [0.3, 0.4) is 0 Å². The summed E-state index contributed by atoms with van der Waals surface area (Å²) in [6.07, 6.45) is 3.13. The molecule has 4 aromatic carbocycles. The summed E-state index contributed by atoms with van der Waals surface area (Å²) >= 11 is 6.18. The van der Waals surface area contributed by atoms with Crippen molar-refractivity contribution in [2.45, 2.75) is 32.7 Å².